The second-order valence-corrected chi connectivity index (χ2v) is 7.93. The van der Waals surface area contributed by atoms with Gasteiger partial charge in [0.1, 0.15) is 6.61 Å². The second-order valence-electron chi connectivity index (χ2n) is 7.08. The highest BCUT2D eigenvalue weighted by Gasteiger charge is 2.33. The van der Waals surface area contributed by atoms with E-state index in [0.29, 0.717) is 33.7 Å². The molecule has 164 valence electrons. The van der Waals surface area contributed by atoms with Gasteiger partial charge in [0, 0.05) is 16.8 Å². The molecule has 4 rings (SSSR count). The molecule has 0 aromatic heterocycles. The molecule has 0 atom stereocenters. The van der Waals surface area contributed by atoms with Gasteiger partial charge in [-0.05, 0) is 57.4 Å². The zero-order valence-electron chi connectivity index (χ0n) is 16.8. The van der Waals surface area contributed by atoms with Crippen LogP contribution in [0.25, 0.3) is 11.6 Å². The number of amides is 1. The Labute approximate surface area is 190 Å². The summed E-state index contributed by atoms with van der Waals surface area (Å²) in [4.78, 5) is 12.4. The molecule has 1 amide bonds. The first-order chi connectivity index (χ1) is 15.3. The number of fused-ring (bicyclic) bond motifs is 1. The van der Waals surface area contributed by atoms with Crippen molar-refractivity contribution < 1.29 is 27.4 Å². The maximum absolute atomic E-state index is 13.0. The molecule has 4 nitrogen and oxygen atoms in total. The van der Waals surface area contributed by atoms with Crippen LogP contribution in [0.15, 0.2) is 65.1 Å². The number of alkyl halides is 3. The Morgan fingerprint density at radius 3 is 2.50 bits per heavy atom. The lowest BCUT2D eigenvalue weighted by atomic mass is 10.0. The van der Waals surface area contributed by atoms with E-state index in [4.69, 9.17) is 9.47 Å². The summed E-state index contributed by atoms with van der Waals surface area (Å²) in [6.07, 6.45) is -2.89. The molecular weight excluding hydrogens is 487 g/mol. The van der Waals surface area contributed by atoms with Crippen LogP contribution in [0.3, 0.4) is 0 Å². The molecule has 8 heteroatoms. The lowest BCUT2D eigenvalue weighted by molar-refractivity contribution is -0.137. The van der Waals surface area contributed by atoms with Gasteiger partial charge in [-0.1, -0.05) is 36.4 Å². The van der Waals surface area contributed by atoms with Gasteiger partial charge in [0.05, 0.1) is 17.1 Å². The van der Waals surface area contributed by atoms with Gasteiger partial charge in [-0.2, -0.15) is 13.2 Å². The average molecular weight is 504 g/mol. The van der Waals surface area contributed by atoms with Crippen molar-refractivity contribution in [2.45, 2.75) is 12.8 Å². The molecule has 1 aliphatic rings. The van der Waals surface area contributed by atoms with Crippen molar-refractivity contribution in [2.24, 2.45) is 0 Å². The van der Waals surface area contributed by atoms with Crippen LogP contribution < -0.4 is 14.8 Å². The number of hydrogen-bond acceptors (Lipinski definition) is 3. The SMILES string of the molecule is COc1cc(/C=C2\C(=O)Nc3cc(C(F)(F)F)ccc32)cc(Br)c1OCc1ccccc1. The number of carbonyl (C=O) groups excluding carboxylic acids is 1. The van der Waals surface area contributed by atoms with Crippen molar-refractivity contribution in [1.29, 1.82) is 0 Å². The fourth-order valence-corrected chi connectivity index (χ4v) is 3.95. The standard InChI is InChI=1S/C24H17BrF3NO3/c1-31-21-11-15(10-19(25)22(21)32-13-14-5-3-2-4-6-14)9-18-17-8-7-16(24(26,27)28)12-20(17)29-23(18)30/h2-12H,13H2,1H3,(H,29,30)/b18-9-. The highest BCUT2D eigenvalue weighted by Crippen LogP contribution is 2.41. The van der Waals surface area contributed by atoms with E-state index in [-0.39, 0.29) is 11.3 Å². The normalized spacial score (nSPS) is 14.3. The topological polar surface area (TPSA) is 47.6 Å². The fraction of sp³-hybridized carbons (Fsp3) is 0.125. The highest BCUT2D eigenvalue weighted by molar-refractivity contribution is 9.10. The first-order valence-electron chi connectivity index (χ1n) is 9.55. The number of ether oxygens (including phenoxy) is 2. The molecule has 0 saturated heterocycles. The van der Waals surface area contributed by atoms with E-state index >= 15 is 0 Å². The van der Waals surface area contributed by atoms with Gasteiger partial charge in [0.2, 0.25) is 0 Å². The van der Waals surface area contributed by atoms with Crippen molar-refractivity contribution in [3.05, 3.63) is 87.4 Å². The van der Waals surface area contributed by atoms with Crippen LogP contribution in [0.5, 0.6) is 11.5 Å². The van der Waals surface area contributed by atoms with E-state index in [1.807, 2.05) is 30.3 Å². The van der Waals surface area contributed by atoms with Crippen molar-refractivity contribution in [3.63, 3.8) is 0 Å². The summed E-state index contributed by atoms with van der Waals surface area (Å²) < 4.78 is 50.9. The molecule has 0 radical (unpaired) electrons. The van der Waals surface area contributed by atoms with E-state index in [2.05, 4.69) is 21.2 Å². The van der Waals surface area contributed by atoms with Crippen LogP contribution in [-0.4, -0.2) is 13.0 Å². The minimum absolute atomic E-state index is 0.130. The summed E-state index contributed by atoms with van der Waals surface area (Å²) in [5.74, 6) is 0.483. The number of nitrogens with one attached hydrogen (secondary N) is 1. The predicted octanol–water partition coefficient (Wildman–Crippen LogP) is 6.55. The van der Waals surface area contributed by atoms with Crippen LogP contribution >= 0.6 is 15.9 Å². The largest absolute Gasteiger partial charge is 0.493 e. The minimum atomic E-state index is -4.49. The average Bonchev–Trinajstić information content (AvgIpc) is 3.07. The molecule has 0 saturated carbocycles. The third kappa shape index (κ3) is 4.50. The summed E-state index contributed by atoms with van der Waals surface area (Å²) in [6, 6.07) is 16.3. The number of carbonyl (C=O) groups is 1. The number of hydrogen-bond donors (Lipinski definition) is 1. The van der Waals surface area contributed by atoms with Gasteiger partial charge in [-0.3, -0.25) is 4.79 Å². The Balaban J connectivity index is 1.65. The second kappa shape index (κ2) is 8.70. The molecular formula is C24H17BrF3NO3. The zero-order valence-corrected chi connectivity index (χ0v) is 18.4. The van der Waals surface area contributed by atoms with Gasteiger partial charge in [-0.15, -0.1) is 0 Å². The van der Waals surface area contributed by atoms with Gasteiger partial charge < -0.3 is 14.8 Å². The minimum Gasteiger partial charge on any atom is -0.493 e. The Hall–Kier alpha value is -3.26. The fourth-order valence-electron chi connectivity index (χ4n) is 3.37. The Kier molecular flexibility index (Phi) is 5.97. The summed E-state index contributed by atoms with van der Waals surface area (Å²) >= 11 is 3.48. The maximum Gasteiger partial charge on any atom is 0.416 e. The van der Waals surface area contributed by atoms with Crippen LogP contribution in [0.4, 0.5) is 18.9 Å². The predicted molar refractivity (Wildman–Crippen MR) is 119 cm³/mol. The zero-order chi connectivity index (χ0) is 22.9. The first kappa shape index (κ1) is 22.0. The van der Waals surface area contributed by atoms with Crippen LogP contribution in [0.2, 0.25) is 0 Å². The van der Waals surface area contributed by atoms with Crippen LogP contribution in [0, 0.1) is 0 Å². The van der Waals surface area contributed by atoms with Crippen LogP contribution in [-0.2, 0) is 17.6 Å². The molecule has 32 heavy (non-hydrogen) atoms. The molecule has 0 aliphatic carbocycles. The molecule has 1 aliphatic heterocycles. The quantitative estimate of drug-likeness (QED) is 0.401. The van der Waals surface area contributed by atoms with Gasteiger partial charge >= 0.3 is 6.18 Å². The molecule has 0 bridgehead atoms. The number of halogens is 4. The first-order valence-corrected chi connectivity index (χ1v) is 10.3. The lowest BCUT2D eigenvalue weighted by Crippen LogP contribution is -2.06. The molecule has 3 aromatic carbocycles. The number of methoxy groups -OCH3 is 1. The van der Waals surface area contributed by atoms with E-state index in [0.717, 1.165) is 17.7 Å². The third-order valence-corrected chi connectivity index (χ3v) is 5.51. The Morgan fingerprint density at radius 2 is 1.81 bits per heavy atom. The van der Waals surface area contributed by atoms with E-state index in [9.17, 15) is 18.0 Å². The summed E-state index contributed by atoms with van der Waals surface area (Å²) in [6.45, 7) is 0.341. The highest BCUT2D eigenvalue weighted by atomic mass is 79.9. The van der Waals surface area contributed by atoms with E-state index < -0.39 is 17.6 Å². The van der Waals surface area contributed by atoms with Crippen molar-refractivity contribution in [2.75, 3.05) is 12.4 Å². The number of rotatable bonds is 5. The summed E-state index contributed by atoms with van der Waals surface area (Å²) in [7, 11) is 1.50. The van der Waals surface area contributed by atoms with Gasteiger partial charge in [0.25, 0.3) is 5.91 Å². The Bertz CT molecular complexity index is 1210. The molecule has 1 heterocycles. The third-order valence-electron chi connectivity index (χ3n) is 4.92. The molecule has 3 aromatic rings. The van der Waals surface area contributed by atoms with Crippen LogP contribution in [0.1, 0.15) is 22.3 Å². The van der Waals surface area contributed by atoms with E-state index in [1.165, 1.54) is 13.2 Å². The van der Waals surface area contributed by atoms with Crippen molar-refractivity contribution >= 4 is 39.2 Å². The summed E-state index contributed by atoms with van der Waals surface area (Å²) in [5.41, 5.74) is 1.60. The lowest BCUT2D eigenvalue weighted by Gasteiger charge is -2.14. The number of benzene rings is 3. The Morgan fingerprint density at radius 1 is 1.06 bits per heavy atom. The van der Waals surface area contributed by atoms with E-state index in [1.54, 1.807) is 18.2 Å². The van der Waals surface area contributed by atoms with Crippen molar-refractivity contribution in [3.8, 4) is 11.5 Å². The van der Waals surface area contributed by atoms with Gasteiger partial charge in [-0.25, -0.2) is 0 Å². The van der Waals surface area contributed by atoms with Crippen molar-refractivity contribution in [1.82, 2.24) is 0 Å². The summed E-state index contributed by atoms with van der Waals surface area (Å²) in [5, 5.41) is 2.50. The monoisotopic (exact) mass is 503 g/mol. The smallest absolute Gasteiger partial charge is 0.416 e. The van der Waals surface area contributed by atoms with Gasteiger partial charge in [0.15, 0.2) is 11.5 Å². The number of anilines is 1. The maximum atomic E-state index is 13.0. The molecule has 0 unspecified atom stereocenters. The molecule has 0 spiro atoms. The molecule has 0 fully saturated rings. The molecule has 1 N–H and O–H groups in total.